The lowest BCUT2D eigenvalue weighted by atomic mass is 10.0. The SMILES string of the molecule is C=CCN1C(=O)C(=Cc2cc(C)n(-c3ccc(F)cc3)c2C)C(C(=O)OC)=C1C. The molecule has 29 heavy (non-hydrogen) atoms. The molecular weight excluding hydrogens is 371 g/mol. The molecule has 0 aliphatic carbocycles. The largest absolute Gasteiger partial charge is 0.465 e. The van der Waals surface area contributed by atoms with Crippen LogP contribution in [-0.2, 0) is 14.3 Å². The molecule has 0 fully saturated rings. The van der Waals surface area contributed by atoms with Gasteiger partial charge in [-0.05, 0) is 62.7 Å². The number of esters is 1. The van der Waals surface area contributed by atoms with Gasteiger partial charge in [-0.15, -0.1) is 6.58 Å². The van der Waals surface area contributed by atoms with Gasteiger partial charge in [-0.25, -0.2) is 9.18 Å². The first kappa shape index (κ1) is 20.3. The van der Waals surface area contributed by atoms with Gasteiger partial charge in [-0.2, -0.15) is 0 Å². The highest BCUT2D eigenvalue weighted by Gasteiger charge is 2.36. The molecule has 1 aliphatic rings. The molecule has 5 nitrogen and oxygen atoms in total. The topological polar surface area (TPSA) is 51.5 Å². The van der Waals surface area contributed by atoms with Crippen molar-refractivity contribution >= 4 is 18.0 Å². The molecule has 1 aromatic carbocycles. The lowest BCUT2D eigenvalue weighted by Gasteiger charge is -2.14. The summed E-state index contributed by atoms with van der Waals surface area (Å²) in [6.45, 7) is 9.55. The van der Waals surface area contributed by atoms with Crippen molar-refractivity contribution in [1.29, 1.82) is 0 Å². The smallest absolute Gasteiger partial charge is 0.340 e. The first-order valence-electron chi connectivity index (χ1n) is 9.19. The summed E-state index contributed by atoms with van der Waals surface area (Å²) in [6.07, 6.45) is 3.32. The van der Waals surface area contributed by atoms with Crippen molar-refractivity contribution in [3.8, 4) is 5.69 Å². The Hall–Kier alpha value is -3.41. The zero-order valence-corrected chi connectivity index (χ0v) is 17.0. The van der Waals surface area contributed by atoms with E-state index in [0.29, 0.717) is 12.2 Å². The minimum Gasteiger partial charge on any atom is -0.465 e. The highest BCUT2D eigenvalue weighted by atomic mass is 19.1. The van der Waals surface area contributed by atoms with E-state index in [0.717, 1.165) is 22.6 Å². The number of carbonyl (C=O) groups excluding carboxylic acids is 2. The van der Waals surface area contributed by atoms with Crippen molar-refractivity contribution in [2.45, 2.75) is 20.8 Å². The maximum absolute atomic E-state index is 13.3. The van der Waals surface area contributed by atoms with Crippen molar-refractivity contribution < 1.29 is 18.7 Å². The van der Waals surface area contributed by atoms with E-state index in [1.54, 1.807) is 31.2 Å². The highest BCUT2D eigenvalue weighted by Crippen LogP contribution is 2.33. The van der Waals surface area contributed by atoms with Crippen LogP contribution in [-0.4, -0.2) is 35.0 Å². The molecule has 150 valence electrons. The molecule has 0 saturated heterocycles. The van der Waals surface area contributed by atoms with E-state index in [4.69, 9.17) is 4.74 Å². The Morgan fingerprint density at radius 2 is 1.86 bits per heavy atom. The standard InChI is InChI=1S/C23H23FN2O3/c1-6-11-25-16(4)21(23(28)29-5)20(22(25)27)13-17-12-14(2)26(15(17)3)19-9-7-18(24)8-10-19/h6-10,12-13H,1,11H2,2-5H3. The quantitative estimate of drug-likeness (QED) is 0.436. The van der Waals surface area contributed by atoms with Crippen molar-refractivity contribution in [3.63, 3.8) is 0 Å². The van der Waals surface area contributed by atoms with Gasteiger partial charge < -0.3 is 14.2 Å². The fourth-order valence-corrected chi connectivity index (χ4v) is 3.65. The summed E-state index contributed by atoms with van der Waals surface area (Å²) in [7, 11) is 1.29. The van der Waals surface area contributed by atoms with E-state index in [1.165, 1.54) is 24.1 Å². The molecule has 1 amide bonds. The van der Waals surface area contributed by atoms with Crippen molar-refractivity contribution in [3.05, 3.63) is 82.6 Å². The van der Waals surface area contributed by atoms with Crippen LogP contribution in [0.4, 0.5) is 4.39 Å². The van der Waals surface area contributed by atoms with Gasteiger partial charge in [0, 0.05) is 29.3 Å². The molecule has 3 rings (SSSR count). The number of benzene rings is 1. The Balaban J connectivity index is 2.13. The summed E-state index contributed by atoms with van der Waals surface area (Å²) >= 11 is 0. The number of carbonyl (C=O) groups is 2. The fraction of sp³-hybridized carbons (Fsp3) is 0.217. The Kier molecular flexibility index (Phi) is 5.55. The number of ether oxygens (including phenoxy) is 1. The first-order chi connectivity index (χ1) is 13.8. The van der Waals surface area contributed by atoms with Gasteiger partial charge in [0.05, 0.1) is 18.3 Å². The number of rotatable bonds is 5. The molecule has 0 unspecified atom stereocenters. The second kappa shape index (κ2) is 7.91. The number of methoxy groups -OCH3 is 1. The second-order valence-electron chi connectivity index (χ2n) is 6.85. The lowest BCUT2D eigenvalue weighted by molar-refractivity contribution is -0.136. The van der Waals surface area contributed by atoms with Crippen LogP contribution in [0, 0.1) is 19.7 Å². The van der Waals surface area contributed by atoms with E-state index < -0.39 is 5.97 Å². The minimum atomic E-state index is -0.555. The molecule has 0 saturated carbocycles. The molecule has 0 spiro atoms. The predicted molar refractivity (Wildman–Crippen MR) is 110 cm³/mol. The van der Waals surface area contributed by atoms with E-state index in [-0.39, 0.29) is 22.9 Å². The number of hydrogen-bond acceptors (Lipinski definition) is 3. The van der Waals surface area contributed by atoms with Crippen LogP contribution in [0.1, 0.15) is 23.9 Å². The van der Waals surface area contributed by atoms with Crippen LogP contribution < -0.4 is 0 Å². The molecule has 2 aromatic rings. The Morgan fingerprint density at radius 3 is 2.45 bits per heavy atom. The van der Waals surface area contributed by atoms with Gasteiger partial charge in [0.15, 0.2) is 0 Å². The number of allylic oxidation sites excluding steroid dienone is 1. The Labute approximate surface area is 169 Å². The van der Waals surface area contributed by atoms with Gasteiger partial charge in [0.2, 0.25) is 0 Å². The summed E-state index contributed by atoms with van der Waals surface area (Å²) in [4.78, 5) is 26.8. The second-order valence-corrected chi connectivity index (χ2v) is 6.85. The van der Waals surface area contributed by atoms with E-state index in [1.807, 2.05) is 24.5 Å². The van der Waals surface area contributed by atoms with Crippen molar-refractivity contribution in [1.82, 2.24) is 9.47 Å². The third kappa shape index (κ3) is 3.53. The van der Waals surface area contributed by atoms with E-state index in [9.17, 15) is 14.0 Å². The number of aromatic nitrogens is 1. The van der Waals surface area contributed by atoms with E-state index >= 15 is 0 Å². The summed E-state index contributed by atoms with van der Waals surface area (Å²) in [5.74, 6) is -1.13. The maximum Gasteiger partial charge on any atom is 0.340 e. The van der Waals surface area contributed by atoms with Crippen molar-refractivity contribution in [2.75, 3.05) is 13.7 Å². The normalized spacial score (nSPS) is 15.4. The molecule has 0 bridgehead atoms. The van der Waals surface area contributed by atoms with Crippen LogP contribution >= 0.6 is 0 Å². The number of halogens is 1. The zero-order valence-electron chi connectivity index (χ0n) is 17.0. The van der Waals surface area contributed by atoms with Gasteiger partial charge in [-0.1, -0.05) is 6.08 Å². The van der Waals surface area contributed by atoms with Gasteiger partial charge in [0.1, 0.15) is 5.82 Å². The molecule has 6 heteroatoms. The number of hydrogen-bond donors (Lipinski definition) is 0. The molecule has 0 N–H and O–H groups in total. The Bertz CT molecular complexity index is 1060. The van der Waals surface area contributed by atoms with Crippen LogP contribution in [0.5, 0.6) is 0 Å². The number of amides is 1. The maximum atomic E-state index is 13.3. The average molecular weight is 394 g/mol. The molecule has 1 aromatic heterocycles. The van der Waals surface area contributed by atoms with Crippen LogP contribution in [0.3, 0.4) is 0 Å². The molecular formula is C23H23FN2O3. The fourth-order valence-electron chi connectivity index (χ4n) is 3.65. The Morgan fingerprint density at radius 1 is 1.21 bits per heavy atom. The van der Waals surface area contributed by atoms with Gasteiger partial charge >= 0.3 is 5.97 Å². The first-order valence-corrected chi connectivity index (χ1v) is 9.19. The zero-order chi connectivity index (χ0) is 21.3. The summed E-state index contributed by atoms with van der Waals surface area (Å²) in [6, 6.07) is 8.13. The van der Waals surface area contributed by atoms with Gasteiger partial charge in [0.25, 0.3) is 5.91 Å². The van der Waals surface area contributed by atoms with Crippen molar-refractivity contribution in [2.24, 2.45) is 0 Å². The number of nitrogens with zero attached hydrogens (tertiary/aromatic N) is 2. The lowest BCUT2D eigenvalue weighted by Crippen LogP contribution is -2.25. The summed E-state index contributed by atoms with van der Waals surface area (Å²) in [5, 5.41) is 0. The third-order valence-electron chi connectivity index (χ3n) is 5.07. The predicted octanol–water partition coefficient (Wildman–Crippen LogP) is 4.09. The van der Waals surface area contributed by atoms with Gasteiger partial charge in [-0.3, -0.25) is 4.79 Å². The summed E-state index contributed by atoms with van der Waals surface area (Å²) < 4.78 is 20.2. The van der Waals surface area contributed by atoms with E-state index in [2.05, 4.69) is 6.58 Å². The third-order valence-corrected chi connectivity index (χ3v) is 5.07. The molecule has 0 radical (unpaired) electrons. The van der Waals surface area contributed by atoms with Crippen LogP contribution in [0.2, 0.25) is 0 Å². The monoisotopic (exact) mass is 394 g/mol. The van der Waals surface area contributed by atoms with Crippen LogP contribution in [0.25, 0.3) is 11.8 Å². The van der Waals surface area contributed by atoms with Crippen LogP contribution in [0.15, 0.2) is 59.8 Å². The molecule has 1 aliphatic heterocycles. The molecule has 2 heterocycles. The summed E-state index contributed by atoms with van der Waals surface area (Å²) in [5.41, 5.74) is 4.50. The number of aryl methyl sites for hydroxylation is 1. The highest BCUT2D eigenvalue weighted by molar-refractivity contribution is 6.16. The molecule has 0 atom stereocenters. The average Bonchev–Trinajstić information content (AvgIpc) is 3.10. The minimum absolute atomic E-state index is 0.255.